The molecule has 0 N–H and O–H groups in total. The van der Waals surface area contributed by atoms with Crippen LogP contribution >= 0.6 is 0 Å². The number of ketones is 1. The van der Waals surface area contributed by atoms with E-state index in [1.54, 1.807) is 4.90 Å². The number of ether oxygens (including phenoxy) is 1. The predicted octanol–water partition coefficient (Wildman–Crippen LogP) is 5.12. The lowest BCUT2D eigenvalue weighted by Gasteiger charge is -2.31. The molecule has 0 unspecified atom stereocenters. The molecule has 4 rings (SSSR count). The molecule has 0 aliphatic carbocycles. The fourth-order valence-corrected chi connectivity index (χ4v) is 5.04. The van der Waals surface area contributed by atoms with Crippen molar-refractivity contribution in [1.29, 1.82) is 0 Å². The summed E-state index contributed by atoms with van der Waals surface area (Å²) in [7, 11) is 0. The molecule has 1 amide bonds. The van der Waals surface area contributed by atoms with E-state index in [1.165, 1.54) is 16.7 Å². The first-order chi connectivity index (χ1) is 16.1. The average molecular weight is 449 g/mol. The molecular formula is C28H36N2O3. The Morgan fingerprint density at radius 3 is 2.39 bits per heavy atom. The van der Waals surface area contributed by atoms with E-state index >= 15 is 0 Å². The van der Waals surface area contributed by atoms with Gasteiger partial charge in [-0.05, 0) is 67.7 Å². The number of piperidine rings is 1. The minimum absolute atomic E-state index is 0.209. The molecule has 0 saturated carbocycles. The van der Waals surface area contributed by atoms with Gasteiger partial charge in [-0.25, -0.2) is 4.79 Å². The Bertz CT molecular complexity index is 935. The predicted molar refractivity (Wildman–Crippen MR) is 130 cm³/mol. The molecule has 0 spiro atoms. The van der Waals surface area contributed by atoms with Crippen molar-refractivity contribution in [2.75, 3.05) is 32.8 Å². The summed E-state index contributed by atoms with van der Waals surface area (Å²) in [5.74, 6) is 0.753. The Balaban J connectivity index is 1.26. The third-order valence-electron chi connectivity index (χ3n) is 7.09. The summed E-state index contributed by atoms with van der Waals surface area (Å²) in [6.07, 6.45) is 5.21. The average Bonchev–Trinajstić information content (AvgIpc) is 3.05. The van der Waals surface area contributed by atoms with Gasteiger partial charge in [-0.15, -0.1) is 0 Å². The number of carbonyl (C=O) groups is 2. The van der Waals surface area contributed by atoms with E-state index in [0.29, 0.717) is 18.9 Å². The van der Waals surface area contributed by atoms with E-state index in [4.69, 9.17) is 4.74 Å². The van der Waals surface area contributed by atoms with Crippen LogP contribution in [-0.4, -0.2) is 54.5 Å². The molecule has 1 fully saturated rings. The van der Waals surface area contributed by atoms with E-state index in [1.807, 2.05) is 13.0 Å². The third kappa shape index (κ3) is 6.44. The van der Waals surface area contributed by atoms with Gasteiger partial charge in [-0.1, -0.05) is 42.5 Å². The van der Waals surface area contributed by atoms with Crippen molar-refractivity contribution in [3.63, 3.8) is 0 Å². The van der Waals surface area contributed by atoms with Gasteiger partial charge in [-0.2, -0.15) is 0 Å². The number of amides is 1. The maximum atomic E-state index is 12.9. The summed E-state index contributed by atoms with van der Waals surface area (Å²) < 4.78 is 5.09. The molecule has 2 aromatic carbocycles. The summed E-state index contributed by atoms with van der Waals surface area (Å²) in [5, 5.41) is 0. The van der Waals surface area contributed by atoms with Crippen LogP contribution in [0.2, 0.25) is 0 Å². The lowest BCUT2D eigenvalue weighted by molar-refractivity contribution is 0.0872. The summed E-state index contributed by atoms with van der Waals surface area (Å²) in [5.41, 5.74) is 4.93. The van der Waals surface area contributed by atoms with Crippen molar-refractivity contribution in [2.24, 2.45) is 5.92 Å². The van der Waals surface area contributed by atoms with Gasteiger partial charge in [0.1, 0.15) is 0 Å². The highest BCUT2D eigenvalue weighted by molar-refractivity contribution is 5.96. The van der Waals surface area contributed by atoms with Gasteiger partial charge in [-0.3, -0.25) is 9.69 Å². The Morgan fingerprint density at radius 1 is 0.939 bits per heavy atom. The van der Waals surface area contributed by atoms with E-state index in [-0.39, 0.29) is 11.9 Å². The summed E-state index contributed by atoms with van der Waals surface area (Å²) in [6.45, 7) is 6.78. The standard InChI is InChI=1S/C28H36N2O3/c1-2-33-28(32)30-18-12-22(13-19-30)8-11-27(31)26-10-9-24-14-16-29(17-15-25(24)20-26)21-23-6-4-3-5-7-23/h3-7,9-10,20,22H,2,8,11-19,21H2,1H3. The van der Waals surface area contributed by atoms with Crippen molar-refractivity contribution in [2.45, 2.75) is 52.0 Å². The Morgan fingerprint density at radius 2 is 1.67 bits per heavy atom. The van der Waals surface area contributed by atoms with Crippen molar-refractivity contribution < 1.29 is 14.3 Å². The summed E-state index contributed by atoms with van der Waals surface area (Å²) in [6, 6.07) is 17.0. The smallest absolute Gasteiger partial charge is 0.409 e. The second kappa shape index (κ2) is 11.5. The highest BCUT2D eigenvalue weighted by Gasteiger charge is 2.24. The van der Waals surface area contributed by atoms with Gasteiger partial charge in [0.2, 0.25) is 0 Å². The van der Waals surface area contributed by atoms with Gasteiger partial charge in [0.15, 0.2) is 5.78 Å². The van der Waals surface area contributed by atoms with Crippen LogP contribution in [0.4, 0.5) is 4.79 Å². The van der Waals surface area contributed by atoms with Crippen molar-refractivity contribution in [3.8, 4) is 0 Å². The van der Waals surface area contributed by atoms with Crippen LogP contribution in [0, 0.1) is 5.92 Å². The SMILES string of the molecule is CCOC(=O)N1CCC(CCC(=O)c2ccc3c(c2)CCN(Cc2ccccc2)CC3)CC1. The Kier molecular flexibility index (Phi) is 8.16. The zero-order chi connectivity index (χ0) is 23.0. The molecule has 33 heavy (non-hydrogen) atoms. The fourth-order valence-electron chi connectivity index (χ4n) is 5.04. The molecule has 0 atom stereocenters. The number of fused-ring (bicyclic) bond motifs is 1. The Hall–Kier alpha value is -2.66. The van der Waals surface area contributed by atoms with Crippen LogP contribution in [0.1, 0.15) is 59.7 Å². The minimum Gasteiger partial charge on any atom is -0.450 e. The lowest BCUT2D eigenvalue weighted by atomic mass is 9.90. The largest absolute Gasteiger partial charge is 0.450 e. The van der Waals surface area contributed by atoms with Gasteiger partial charge in [0, 0.05) is 44.7 Å². The molecule has 1 saturated heterocycles. The second-order valence-electron chi connectivity index (χ2n) is 9.34. The van der Waals surface area contributed by atoms with E-state index < -0.39 is 0 Å². The number of benzene rings is 2. The fraction of sp³-hybridized carbons (Fsp3) is 0.500. The van der Waals surface area contributed by atoms with Crippen molar-refractivity contribution in [1.82, 2.24) is 9.80 Å². The monoisotopic (exact) mass is 448 g/mol. The maximum Gasteiger partial charge on any atom is 0.409 e. The quantitative estimate of drug-likeness (QED) is 0.552. The third-order valence-corrected chi connectivity index (χ3v) is 7.09. The molecular weight excluding hydrogens is 412 g/mol. The zero-order valence-corrected chi connectivity index (χ0v) is 19.8. The first-order valence-corrected chi connectivity index (χ1v) is 12.5. The van der Waals surface area contributed by atoms with Crippen LogP contribution in [0.5, 0.6) is 0 Å². The van der Waals surface area contributed by atoms with Gasteiger partial charge < -0.3 is 9.64 Å². The molecule has 0 radical (unpaired) electrons. The van der Waals surface area contributed by atoms with Crippen LogP contribution in [0.3, 0.4) is 0 Å². The van der Waals surface area contributed by atoms with Crippen LogP contribution in [0.15, 0.2) is 48.5 Å². The highest BCUT2D eigenvalue weighted by atomic mass is 16.6. The van der Waals surface area contributed by atoms with Crippen LogP contribution < -0.4 is 0 Å². The molecule has 5 nitrogen and oxygen atoms in total. The van der Waals surface area contributed by atoms with Gasteiger partial charge >= 0.3 is 6.09 Å². The second-order valence-corrected chi connectivity index (χ2v) is 9.34. The van der Waals surface area contributed by atoms with Crippen molar-refractivity contribution in [3.05, 3.63) is 70.8 Å². The highest BCUT2D eigenvalue weighted by Crippen LogP contribution is 2.25. The molecule has 5 heteroatoms. The van der Waals surface area contributed by atoms with Crippen LogP contribution in [0.25, 0.3) is 0 Å². The minimum atomic E-state index is -0.209. The molecule has 0 aromatic heterocycles. The summed E-state index contributed by atoms with van der Waals surface area (Å²) in [4.78, 5) is 29.1. The Labute approximate surface area is 197 Å². The molecule has 2 aromatic rings. The number of carbonyl (C=O) groups excluding carboxylic acids is 2. The number of nitrogens with zero attached hydrogens (tertiary/aromatic N) is 2. The number of rotatable bonds is 7. The number of Topliss-reactive ketones (excluding diaryl/α,β-unsaturated/α-hetero) is 1. The van der Waals surface area contributed by atoms with Crippen LogP contribution in [-0.2, 0) is 24.1 Å². The maximum absolute atomic E-state index is 12.9. The van der Waals surface area contributed by atoms with Crippen molar-refractivity contribution >= 4 is 11.9 Å². The molecule has 2 aliphatic rings. The zero-order valence-electron chi connectivity index (χ0n) is 19.8. The first kappa shape index (κ1) is 23.5. The van der Waals surface area contributed by atoms with Gasteiger partial charge in [0.05, 0.1) is 6.61 Å². The van der Waals surface area contributed by atoms with Gasteiger partial charge in [0.25, 0.3) is 0 Å². The molecule has 2 aliphatic heterocycles. The van der Waals surface area contributed by atoms with E-state index in [9.17, 15) is 9.59 Å². The lowest BCUT2D eigenvalue weighted by Crippen LogP contribution is -2.38. The molecule has 176 valence electrons. The molecule has 0 bridgehead atoms. The summed E-state index contributed by atoms with van der Waals surface area (Å²) >= 11 is 0. The van der Waals surface area contributed by atoms with E-state index in [2.05, 4.69) is 47.4 Å². The number of hydrogen-bond donors (Lipinski definition) is 0. The number of likely N-dealkylation sites (tertiary alicyclic amines) is 1. The molecule has 2 heterocycles. The van der Waals surface area contributed by atoms with E-state index in [0.717, 1.165) is 70.4 Å². The number of hydrogen-bond acceptors (Lipinski definition) is 4. The normalized spacial score (nSPS) is 17.3. The first-order valence-electron chi connectivity index (χ1n) is 12.5. The topological polar surface area (TPSA) is 49.9 Å².